The fourth-order valence-corrected chi connectivity index (χ4v) is 2.30. The van der Waals surface area contributed by atoms with Crippen LogP contribution in [0.4, 0.5) is 10.5 Å². The number of aryl methyl sites for hydroxylation is 1. The van der Waals surface area contributed by atoms with Crippen molar-refractivity contribution in [3.8, 4) is 0 Å². The molecular formula is C17H19ClN2O2. The molecule has 0 aliphatic carbocycles. The Balaban J connectivity index is 1.79. The number of halogens is 1. The molecule has 0 aliphatic heterocycles. The van der Waals surface area contributed by atoms with Crippen LogP contribution in [-0.4, -0.2) is 17.7 Å². The van der Waals surface area contributed by atoms with Crippen molar-refractivity contribution in [2.75, 3.05) is 11.9 Å². The minimum atomic E-state index is -0.280. The Labute approximate surface area is 135 Å². The number of aliphatic hydroxyl groups is 1. The second-order valence-corrected chi connectivity index (χ2v) is 5.50. The highest BCUT2D eigenvalue weighted by molar-refractivity contribution is 6.33. The van der Waals surface area contributed by atoms with E-state index in [-0.39, 0.29) is 12.6 Å². The molecule has 0 aromatic heterocycles. The van der Waals surface area contributed by atoms with Crippen molar-refractivity contribution in [3.05, 3.63) is 64.2 Å². The van der Waals surface area contributed by atoms with E-state index in [9.17, 15) is 4.79 Å². The van der Waals surface area contributed by atoms with Gasteiger partial charge in [-0.25, -0.2) is 4.79 Å². The molecule has 0 radical (unpaired) electrons. The summed E-state index contributed by atoms with van der Waals surface area (Å²) in [6, 6.07) is 12.8. The Morgan fingerprint density at radius 2 is 1.82 bits per heavy atom. The van der Waals surface area contributed by atoms with Crippen LogP contribution < -0.4 is 10.6 Å². The van der Waals surface area contributed by atoms with Crippen LogP contribution in [0.5, 0.6) is 0 Å². The average Bonchev–Trinajstić information content (AvgIpc) is 2.51. The molecule has 0 saturated carbocycles. The van der Waals surface area contributed by atoms with Crippen molar-refractivity contribution < 1.29 is 9.90 Å². The van der Waals surface area contributed by atoms with Gasteiger partial charge in [0.1, 0.15) is 0 Å². The van der Waals surface area contributed by atoms with Crippen molar-refractivity contribution in [2.24, 2.45) is 0 Å². The number of hydrogen-bond donors (Lipinski definition) is 3. The molecule has 2 rings (SSSR count). The Bertz CT molecular complexity index is 642. The van der Waals surface area contributed by atoms with Gasteiger partial charge in [-0.15, -0.1) is 0 Å². The summed E-state index contributed by atoms with van der Waals surface area (Å²) in [4.78, 5) is 11.8. The van der Waals surface area contributed by atoms with E-state index in [0.29, 0.717) is 17.3 Å². The quantitative estimate of drug-likeness (QED) is 0.790. The van der Waals surface area contributed by atoms with Gasteiger partial charge in [-0.3, -0.25) is 0 Å². The molecule has 116 valence electrons. The molecule has 0 bridgehead atoms. The third kappa shape index (κ3) is 4.76. The van der Waals surface area contributed by atoms with Crippen LogP contribution in [0.25, 0.3) is 0 Å². The van der Waals surface area contributed by atoms with Gasteiger partial charge in [-0.1, -0.05) is 41.9 Å². The Hall–Kier alpha value is -2.04. The van der Waals surface area contributed by atoms with Crippen LogP contribution in [-0.2, 0) is 13.0 Å². The molecule has 0 unspecified atom stereocenters. The highest BCUT2D eigenvalue weighted by atomic mass is 35.5. The second-order valence-electron chi connectivity index (χ2n) is 5.09. The third-order valence-corrected chi connectivity index (χ3v) is 3.59. The van der Waals surface area contributed by atoms with Crippen LogP contribution in [0.2, 0.25) is 5.02 Å². The summed E-state index contributed by atoms with van der Waals surface area (Å²) >= 11 is 6.07. The van der Waals surface area contributed by atoms with Crippen LogP contribution >= 0.6 is 11.6 Å². The van der Waals surface area contributed by atoms with E-state index in [4.69, 9.17) is 16.7 Å². The molecule has 22 heavy (non-hydrogen) atoms. The van der Waals surface area contributed by atoms with E-state index in [2.05, 4.69) is 10.6 Å². The molecule has 0 saturated heterocycles. The van der Waals surface area contributed by atoms with E-state index in [1.807, 2.05) is 37.3 Å². The maximum atomic E-state index is 11.8. The zero-order valence-electron chi connectivity index (χ0n) is 12.4. The Morgan fingerprint density at radius 1 is 1.14 bits per heavy atom. The Morgan fingerprint density at radius 3 is 2.45 bits per heavy atom. The lowest BCUT2D eigenvalue weighted by Crippen LogP contribution is -2.30. The molecule has 2 amide bonds. The van der Waals surface area contributed by atoms with Gasteiger partial charge in [0.05, 0.1) is 17.3 Å². The number of carbonyl (C=O) groups excluding carboxylic acids is 1. The van der Waals surface area contributed by atoms with E-state index < -0.39 is 0 Å². The first-order valence-corrected chi connectivity index (χ1v) is 7.46. The lowest BCUT2D eigenvalue weighted by atomic mass is 10.1. The number of rotatable bonds is 5. The van der Waals surface area contributed by atoms with Gasteiger partial charge in [0.2, 0.25) is 0 Å². The van der Waals surface area contributed by atoms with Crippen molar-refractivity contribution in [2.45, 2.75) is 20.0 Å². The minimum absolute atomic E-state index is 0.0399. The predicted octanol–water partition coefficient (Wildman–Crippen LogP) is 3.50. The number of carbonyl (C=O) groups is 1. The minimum Gasteiger partial charge on any atom is -0.392 e. The first kappa shape index (κ1) is 16.3. The molecule has 4 nitrogen and oxygen atoms in total. The molecule has 2 aromatic carbocycles. The molecule has 0 heterocycles. The van der Waals surface area contributed by atoms with Gasteiger partial charge in [-0.2, -0.15) is 0 Å². The number of hydrogen-bond acceptors (Lipinski definition) is 2. The number of aliphatic hydroxyl groups excluding tert-OH is 1. The zero-order chi connectivity index (χ0) is 15.9. The lowest BCUT2D eigenvalue weighted by Gasteiger charge is -2.09. The van der Waals surface area contributed by atoms with Crippen LogP contribution in [0.1, 0.15) is 16.7 Å². The molecule has 0 spiro atoms. The van der Waals surface area contributed by atoms with Crippen molar-refractivity contribution in [1.82, 2.24) is 5.32 Å². The molecule has 5 heteroatoms. The maximum Gasteiger partial charge on any atom is 0.319 e. The van der Waals surface area contributed by atoms with Gasteiger partial charge >= 0.3 is 6.03 Å². The van der Waals surface area contributed by atoms with Crippen LogP contribution in [0.15, 0.2) is 42.5 Å². The highest BCUT2D eigenvalue weighted by Gasteiger charge is 2.05. The topological polar surface area (TPSA) is 61.4 Å². The third-order valence-electron chi connectivity index (χ3n) is 3.28. The van der Waals surface area contributed by atoms with Gasteiger partial charge < -0.3 is 15.7 Å². The van der Waals surface area contributed by atoms with Crippen molar-refractivity contribution in [1.29, 1.82) is 0 Å². The van der Waals surface area contributed by atoms with Gasteiger partial charge in [0.25, 0.3) is 0 Å². The van der Waals surface area contributed by atoms with Crippen LogP contribution in [0.3, 0.4) is 0 Å². The summed E-state index contributed by atoms with van der Waals surface area (Å²) in [7, 11) is 0. The highest BCUT2D eigenvalue weighted by Crippen LogP contribution is 2.22. The summed E-state index contributed by atoms with van der Waals surface area (Å²) < 4.78 is 0. The van der Waals surface area contributed by atoms with Crippen LogP contribution in [0, 0.1) is 6.92 Å². The monoisotopic (exact) mass is 318 g/mol. The smallest absolute Gasteiger partial charge is 0.319 e. The summed E-state index contributed by atoms with van der Waals surface area (Å²) in [6.45, 7) is 2.50. The summed E-state index contributed by atoms with van der Waals surface area (Å²) in [6.07, 6.45) is 0.723. The standard InChI is InChI=1S/C17H19ClN2O2/c1-12-2-7-16(15(18)10-12)20-17(22)19-9-8-13-3-5-14(11-21)6-4-13/h2-7,10,21H,8-9,11H2,1H3,(H2,19,20,22). The number of urea groups is 1. The molecule has 0 aliphatic rings. The maximum absolute atomic E-state index is 11.8. The summed E-state index contributed by atoms with van der Waals surface area (Å²) in [5.74, 6) is 0. The molecule has 3 N–H and O–H groups in total. The van der Waals surface area contributed by atoms with Gasteiger partial charge in [0.15, 0.2) is 0 Å². The van der Waals surface area contributed by atoms with Gasteiger partial charge in [0, 0.05) is 6.54 Å². The predicted molar refractivity (Wildman–Crippen MR) is 89.3 cm³/mol. The summed E-state index contributed by atoms with van der Waals surface area (Å²) in [5.41, 5.74) is 3.62. The number of anilines is 1. The van der Waals surface area contributed by atoms with E-state index in [0.717, 1.165) is 23.1 Å². The second kappa shape index (κ2) is 7.82. The average molecular weight is 319 g/mol. The first-order chi connectivity index (χ1) is 10.6. The number of amides is 2. The van der Waals surface area contributed by atoms with E-state index in [1.165, 1.54) is 0 Å². The summed E-state index contributed by atoms with van der Waals surface area (Å²) in [5, 5.41) is 15.0. The molecule has 0 atom stereocenters. The number of nitrogens with one attached hydrogen (secondary N) is 2. The fraction of sp³-hybridized carbons (Fsp3) is 0.235. The fourth-order valence-electron chi connectivity index (χ4n) is 2.02. The largest absolute Gasteiger partial charge is 0.392 e. The molecule has 2 aromatic rings. The van der Waals surface area contributed by atoms with E-state index in [1.54, 1.807) is 12.1 Å². The Kier molecular flexibility index (Phi) is 5.81. The van der Waals surface area contributed by atoms with Crippen molar-refractivity contribution in [3.63, 3.8) is 0 Å². The van der Waals surface area contributed by atoms with Crippen molar-refractivity contribution >= 4 is 23.3 Å². The first-order valence-electron chi connectivity index (χ1n) is 7.08. The normalized spacial score (nSPS) is 10.3. The van der Waals surface area contributed by atoms with Gasteiger partial charge in [-0.05, 0) is 42.2 Å². The van der Waals surface area contributed by atoms with E-state index >= 15 is 0 Å². The number of benzene rings is 2. The zero-order valence-corrected chi connectivity index (χ0v) is 13.2. The molecule has 0 fully saturated rings. The molecular weight excluding hydrogens is 300 g/mol. The lowest BCUT2D eigenvalue weighted by molar-refractivity contribution is 0.252. The SMILES string of the molecule is Cc1ccc(NC(=O)NCCc2ccc(CO)cc2)c(Cl)c1.